The molecule has 1 rings (SSSR count). The lowest BCUT2D eigenvalue weighted by Crippen LogP contribution is -2.42. The summed E-state index contributed by atoms with van der Waals surface area (Å²) in [5, 5.41) is 7.42. The second-order valence-corrected chi connectivity index (χ2v) is 5.03. The van der Waals surface area contributed by atoms with Crippen molar-refractivity contribution in [2.75, 3.05) is 13.1 Å². The molecule has 0 bridgehead atoms. The number of hydrogen-bond donors (Lipinski definition) is 2. The monoisotopic (exact) mass is 281 g/mol. The third kappa shape index (κ3) is 6.48. The van der Waals surface area contributed by atoms with Crippen molar-refractivity contribution in [3.8, 4) is 0 Å². The highest BCUT2D eigenvalue weighted by Gasteiger charge is 2.01. The van der Waals surface area contributed by atoms with Crippen molar-refractivity contribution in [2.45, 2.75) is 39.7 Å². The molecule has 1 unspecified atom stereocenters. The summed E-state index contributed by atoms with van der Waals surface area (Å²) in [6.45, 7) is 8.05. The summed E-state index contributed by atoms with van der Waals surface area (Å²) in [5.74, 6) is 0.894. The first-order chi connectivity index (χ1) is 9.15. The standard InChI is InChI=1S/C15H24ClN3/c1-4-12(3)19-15(17-5-2)18-11-10-13-6-8-14(16)9-7-13/h6-9,12H,4-5,10-11H2,1-3H3,(H2,17,18,19). The zero-order valence-electron chi connectivity index (χ0n) is 12.0. The average Bonchev–Trinajstić information content (AvgIpc) is 2.41. The molecule has 3 nitrogen and oxygen atoms in total. The number of hydrogen-bond acceptors (Lipinski definition) is 1. The maximum atomic E-state index is 5.86. The second-order valence-electron chi connectivity index (χ2n) is 4.59. The van der Waals surface area contributed by atoms with Gasteiger partial charge in [-0.25, -0.2) is 0 Å². The van der Waals surface area contributed by atoms with Crippen molar-refractivity contribution >= 4 is 17.6 Å². The van der Waals surface area contributed by atoms with Crippen LogP contribution in [0.1, 0.15) is 32.8 Å². The highest BCUT2D eigenvalue weighted by molar-refractivity contribution is 6.30. The first-order valence-corrected chi connectivity index (χ1v) is 7.32. The van der Waals surface area contributed by atoms with E-state index < -0.39 is 0 Å². The molecular formula is C15H24ClN3. The Morgan fingerprint density at radius 1 is 1.26 bits per heavy atom. The van der Waals surface area contributed by atoms with E-state index in [0.717, 1.165) is 36.9 Å². The van der Waals surface area contributed by atoms with Crippen LogP contribution in [-0.2, 0) is 6.42 Å². The molecule has 2 N–H and O–H groups in total. The van der Waals surface area contributed by atoms with Crippen molar-refractivity contribution in [3.63, 3.8) is 0 Å². The van der Waals surface area contributed by atoms with Gasteiger partial charge in [0.2, 0.25) is 0 Å². The number of guanidine groups is 1. The van der Waals surface area contributed by atoms with Gasteiger partial charge >= 0.3 is 0 Å². The van der Waals surface area contributed by atoms with Crippen molar-refractivity contribution in [3.05, 3.63) is 34.9 Å². The minimum absolute atomic E-state index is 0.438. The summed E-state index contributed by atoms with van der Waals surface area (Å²) >= 11 is 5.86. The quantitative estimate of drug-likeness (QED) is 0.620. The summed E-state index contributed by atoms with van der Waals surface area (Å²) in [6.07, 6.45) is 2.01. The van der Waals surface area contributed by atoms with E-state index in [2.05, 4.69) is 36.4 Å². The van der Waals surface area contributed by atoms with E-state index in [-0.39, 0.29) is 0 Å². The molecule has 0 heterocycles. The van der Waals surface area contributed by atoms with Gasteiger partial charge in [-0.1, -0.05) is 30.7 Å². The van der Waals surface area contributed by atoms with E-state index in [1.54, 1.807) is 0 Å². The lowest BCUT2D eigenvalue weighted by Gasteiger charge is -2.16. The molecule has 0 fully saturated rings. The molecule has 0 radical (unpaired) electrons. The van der Waals surface area contributed by atoms with Crippen LogP contribution in [0.15, 0.2) is 29.3 Å². The molecule has 106 valence electrons. The molecule has 0 aromatic heterocycles. The Morgan fingerprint density at radius 3 is 2.53 bits per heavy atom. The van der Waals surface area contributed by atoms with E-state index in [1.165, 1.54) is 5.56 Å². The van der Waals surface area contributed by atoms with Crippen LogP contribution in [0, 0.1) is 0 Å². The van der Waals surface area contributed by atoms with Crippen molar-refractivity contribution < 1.29 is 0 Å². The van der Waals surface area contributed by atoms with Gasteiger partial charge in [-0.3, -0.25) is 4.99 Å². The van der Waals surface area contributed by atoms with Gasteiger partial charge < -0.3 is 10.6 Å². The first-order valence-electron chi connectivity index (χ1n) is 6.95. The van der Waals surface area contributed by atoms with Crippen molar-refractivity contribution in [2.24, 2.45) is 4.99 Å². The Kier molecular flexibility index (Phi) is 7.34. The van der Waals surface area contributed by atoms with Gasteiger partial charge in [-0.05, 0) is 44.4 Å². The van der Waals surface area contributed by atoms with Crippen LogP contribution in [0.25, 0.3) is 0 Å². The molecule has 0 aliphatic carbocycles. The van der Waals surface area contributed by atoms with E-state index in [9.17, 15) is 0 Å². The normalized spacial score (nSPS) is 13.2. The van der Waals surface area contributed by atoms with Crippen LogP contribution in [0.5, 0.6) is 0 Å². The Morgan fingerprint density at radius 2 is 1.95 bits per heavy atom. The lowest BCUT2D eigenvalue weighted by molar-refractivity contribution is 0.624. The van der Waals surface area contributed by atoms with Crippen LogP contribution in [-0.4, -0.2) is 25.1 Å². The average molecular weight is 282 g/mol. The fourth-order valence-electron chi connectivity index (χ4n) is 1.60. The maximum Gasteiger partial charge on any atom is 0.191 e. The number of nitrogens with one attached hydrogen (secondary N) is 2. The van der Waals surface area contributed by atoms with E-state index in [4.69, 9.17) is 11.6 Å². The van der Waals surface area contributed by atoms with Gasteiger partial charge in [0.05, 0.1) is 0 Å². The molecule has 0 amide bonds. The van der Waals surface area contributed by atoms with Gasteiger partial charge in [0.25, 0.3) is 0 Å². The summed E-state index contributed by atoms with van der Waals surface area (Å²) in [7, 11) is 0. The zero-order chi connectivity index (χ0) is 14.1. The summed E-state index contributed by atoms with van der Waals surface area (Å²) in [6, 6.07) is 8.37. The Labute approximate surface area is 121 Å². The van der Waals surface area contributed by atoms with E-state index in [0.29, 0.717) is 6.04 Å². The van der Waals surface area contributed by atoms with Gasteiger partial charge in [0.15, 0.2) is 5.96 Å². The topological polar surface area (TPSA) is 36.4 Å². The SMILES string of the molecule is CCNC(=NCCc1ccc(Cl)cc1)NC(C)CC. The van der Waals surface area contributed by atoms with Crippen LogP contribution >= 0.6 is 11.6 Å². The van der Waals surface area contributed by atoms with Crippen LogP contribution in [0.3, 0.4) is 0 Å². The fourth-order valence-corrected chi connectivity index (χ4v) is 1.73. The number of benzene rings is 1. The number of rotatable bonds is 6. The second kappa shape index (κ2) is 8.81. The molecule has 1 atom stereocenters. The van der Waals surface area contributed by atoms with Gasteiger partial charge in [0.1, 0.15) is 0 Å². The predicted molar refractivity (Wildman–Crippen MR) is 84.0 cm³/mol. The van der Waals surface area contributed by atoms with Crippen LogP contribution in [0.2, 0.25) is 5.02 Å². The number of halogens is 1. The smallest absolute Gasteiger partial charge is 0.191 e. The molecule has 4 heteroatoms. The molecule has 0 aliphatic rings. The summed E-state index contributed by atoms with van der Waals surface area (Å²) in [4.78, 5) is 4.58. The largest absolute Gasteiger partial charge is 0.357 e. The van der Waals surface area contributed by atoms with Gasteiger partial charge in [0, 0.05) is 24.2 Å². The third-order valence-electron chi connectivity index (χ3n) is 2.92. The molecule has 0 saturated heterocycles. The minimum Gasteiger partial charge on any atom is -0.357 e. The van der Waals surface area contributed by atoms with Gasteiger partial charge in [-0.15, -0.1) is 0 Å². The fraction of sp³-hybridized carbons (Fsp3) is 0.533. The number of aliphatic imine (C=N–C) groups is 1. The zero-order valence-corrected chi connectivity index (χ0v) is 12.8. The number of nitrogens with zero attached hydrogens (tertiary/aromatic N) is 1. The molecule has 0 aliphatic heterocycles. The summed E-state index contributed by atoms with van der Waals surface area (Å²) in [5.41, 5.74) is 1.26. The third-order valence-corrected chi connectivity index (χ3v) is 3.18. The van der Waals surface area contributed by atoms with E-state index >= 15 is 0 Å². The molecular weight excluding hydrogens is 258 g/mol. The predicted octanol–water partition coefficient (Wildman–Crippen LogP) is 3.24. The van der Waals surface area contributed by atoms with E-state index in [1.807, 2.05) is 24.3 Å². The minimum atomic E-state index is 0.438. The summed E-state index contributed by atoms with van der Waals surface area (Å²) < 4.78 is 0. The van der Waals surface area contributed by atoms with Crippen molar-refractivity contribution in [1.29, 1.82) is 0 Å². The molecule has 0 saturated carbocycles. The molecule has 1 aromatic carbocycles. The maximum absolute atomic E-state index is 5.86. The lowest BCUT2D eigenvalue weighted by atomic mass is 10.1. The Balaban J connectivity index is 2.48. The Hall–Kier alpha value is -1.22. The van der Waals surface area contributed by atoms with Gasteiger partial charge in [-0.2, -0.15) is 0 Å². The highest BCUT2D eigenvalue weighted by Crippen LogP contribution is 2.09. The first kappa shape index (κ1) is 15.8. The highest BCUT2D eigenvalue weighted by atomic mass is 35.5. The van der Waals surface area contributed by atoms with Crippen molar-refractivity contribution in [1.82, 2.24) is 10.6 Å². The molecule has 0 spiro atoms. The molecule has 1 aromatic rings. The van der Waals surface area contributed by atoms with Crippen LogP contribution in [0.4, 0.5) is 0 Å². The molecule has 19 heavy (non-hydrogen) atoms. The Bertz CT molecular complexity index is 387. The van der Waals surface area contributed by atoms with Crippen LogP contribution < -0.4 is 10.6 Å².